The van der Waals surface area contributed by atoms with Gasteiger partial charge in [0.2, 0.25) is 0 Å². The molecule has 1 aromatic rings. The number of hydrogen-bond acceptors (Lipinski definition) is 3. The normalized spacial score (nSPS) is 11.9. The second-order valence-corrected chi connectivity index (χ2v) is 4.42. The van der Waals surface area contributed by atoms with Crippen molar-refractivity contribution in [3.8, 4) is 11.8 Å². The fourth-order valence-corrected chi connectivity index (χ4v) is 1.63. The van der Waals surface area contributed by atoms with Crippen LogP contribution in [0, 0.1) is 17.2 Å². The van der Waals surface area contributed by atoms with Crippen molar-refractivity contribution in [2.75, 3.05) is 13.2 Å². The molecule has 1 atom stereocenters. The minimum absolute atomic E-state index is 0.212. The fraction of sp³-hybridized carbons (Fsp3) is 0.462. The second kappa shape index (κ2) is 7.16. The zero-order valence-corrected chi connectivity index (χ0v) is 10.6. The van der Waals surface area contributed by atoms with Crippen molar-refractivity contribution in [1.29, 1.82) is 5.26 Å². The molecule has 0 spiro atoms. The predicted octanol–water partition coefficient (Wildman–Crippen LogP) is 3.00. The van der Waals surface area contributed by atoms with Gasteiger partial charge in [-0.3, -0.25) is 0 Å². The van der Waals surface area contributed by atoms with Crippen molar-refractivity contribution in [2.24, 2.45) is 5.92 Å². The summed E-state index contributed by atoms with van der Waals surface area (Å²) < 4.78 is 5.53. The largest absolute Gasteiger partial charge is 0.494 e. The molecule has 0 amide bonds. The van der Waals surface area contributed by atoms with E-state index in [9.17, 15) is 0 Å². The monoisotopic (exact) mass is 253 g/mol. The lowest BCUT2D eigenvalue weighted by molar-refractivity contribution is 0.233. The maximum atomic E-state index is 8.76. The van der Waals surface area contributed by atoms with Crippen LogP contribution < -0.4 is 4.74 Å². The summed E-state index contributed by atoms with van der Waals surface area (Å²) >= 11 is 5.89. The molecule has 1 unspecified atom stereocenters. The Labute approximate surface area is 107 Å². The van der Waals surface area contributed by atoms with E-state index in [4.69, 9.17) is 26.7 Å². The average molecular weight is 254 g/mol. The van der Waals surface area contributed by atoms with Gasteiger partial charge in [0.15, 0.2) is 0 Å². The van der Waals surface area contributed by atoms with E-state index in [1.807, 2.05) is 6.07 Å². The van der Waals surface area contributed by atoms with Gasteiger partial charge in [0, 0.05) is 12.7 Å². The number of benzene rings is 1. The summed E-state index contributed by atoms with van der Waals surface area (Å²) in [5, 5.41) is 17.9. The molecule has 0 saturated carbocycles. The van der Waals surface area contributed by atoms with Gasteiger partial charge in [0.25, 0.3) is 0 Å². The van der Waals surface area contributed by atoms with Crippen LogP contribution in [0.1, 0.15) is 25.3 Å². The summed E-state index contributed by atoms with van der Waals surface area (Å²) in [5.41, 5.74) is 0.452. The van der Waals surface area contributed by atoms with Gasteiger partial charge in [-0.05, 0) is 30.9 Å². The molecule has 0 aliphatic heterocycles. The van der Waals surface area contributed by atoms with Crippen LogP contribution in [0.4, 0.5) is 0 Å². The third-order valence-corrected chi connectivity index (χ3v) is 2.87. The first-order chi connectivity index (χ1) is 8.17. The lowest BCUT2D eigenvalue weighted by Crippen LogP contribution is -2.05. The SMILES string of the molecule is CC(CCO)CCOc1ccc(C#N)c(Cl)c1. The molecule has 0 saturated heterocycles. The Hall–Kier alpha value is -1.24. The molecule has 0 heterocycles. The van der Waals surface area contributed by atoms with Gasteiger partial charge < -0.3 is 9.84 Å². The second-order valence-electron chi connectivity index (χ2n) is 4.01. The Morgan fingerprint density at radius 2 is 2.24 bits per heavy atom. The van der Waals surface area contributed by atoms with Crippen LogP contribution in [0.2, 0.25) is 5.02 Å². The van der Waals surface area contributed by atoms with E-state index >= 15 is 0 Å². The zero-order valence-electron chi connectivity index (χ0n) is 9.82. The molecule has 3 nitrogen and oxygen atoms in total. The molecule has 1 N–H and O–H groups in total. The summed E-state index contributed by atoms with van der Waals surface area (Å²) in [4.78, 5) is 0. The van der Waals surface area contributed by atoms with Gasteiger partial charge in [0.1, 0.15) is 11.8 Å². The van der Waals surface area contributed by atoms with Gasteiger partial charge in [-0.2, -0.15) is 5.26 Å². The molecule has 0 aromatic heterocycles. The van der Waals surface area contributed by atoms with Crippen LogP contribution in [0.15, 0.2) is 18.2 Å². The van der Waals surface area contributed by atoms with Crippen molar-refractivity contribution < 1.29 is 9.84 Å². The molecule has 4 heteroatoms. The Morgan fingerprint density at radius 3 is 2.82 bits per heavy atom. The lowest BCUT2D eigenvalue weighted by atomic mass is 10.1. The number of rotatable bonds is 6. The molecule has 0 aliphatic carbocycles. The van der Waals surface area contributed by atoms with E-state index in [0.29, 0.717) is 28.9 Å². The van der Waals surface area contributed by atoms with Crippen LogP contribution in [0.5, 0.6) is 5.75 Å². The van der Waals surface area contributed by atoms with Crippen LogP contribution in [-0.4, -0.2) is 18.3 Å². The molecule has 92 valence electrons. The smallest absolute Gasteiger partial charge is 0.120 e. The van der Waals surface area contributed by atoms with Crippen LogP contribution in [0.3, 0.4) is 0 Å². The van der Waals surface area contributed by atoms with Crippen molar-refractivity contribution in [3.05, 3.63) is 28.8 Å². The lowest BCUT2D eigenvalue weighted by Gasteiger charge is -2.11. The number of hydrogen-bond donors (Lipinski definition) is 1. The zero-order chi connectivity index (χ0) is 12.7. The van der Waals surface area contributed by atoms with E-state index < -0.39 is 0 Å². The van der Waals surface area contributed by atoms with E-state index in [0.717, 1.165) is 12.8 Å². The number of ether oxygens (including phenoxy) is 1. The maximum Gasteiger partial charge on any atom is 0.120 e. The van der Waals surface area contributed by atoms with E-state index in [-0.39, 0.29) is 6.61 Å². The molecule has 17 heavy (non-hydrogen) atoms. The molecule has 1 aromatic carbocycles. The van der Waals surface area contributed by atoms with Gasteiger partial charge in [-0.1, -0.05) is 18.5 Å². The number of nitriles is 1. The number of halogens is 1. The Morgan fingerprint density at radius 1 is 1.47 bits per heavy atom. The van der Waals surface area contributed by atoms with Gasteiger partial charge >= 0.3 is 0 Å². The average Bonchev–Trinajstić information content (AvgIpc) is 2.29. The molecule has 0 bridgehead atoms. The maximum absolute atomic E-state index is 8.76. The van der Waals surface area contributed by atoms with E-state index in [2.05, 4.69) is 6.92 Å². The Kier molecular flexibility index (Phi) is 5.82. The van der Waals surface area contributed by atoms with Crippen molar-refractivity contribution >= 4 is 11.6 Å². The highest BCUT2D eigenvalue weighted by Gasteiger charge is 2.04. The third-order valence-electron chi connectivity index (χ3n) is 2.56. The van der Waals surface area contributed by atoms with Crippen molar-refractivity contribution in [3.63, 3.8) is 0 Å². The topological polar surface area (TPSA) is 53.2 Å². The first kappa shape index (κ1) is 13.8. The summed E-state index contributed by atoms with van der Waals surface area (Å²) in [6.45, 7) is 2.87. The van der Waals surface area contributed by atoms with Crippen LogP contribution in [-0.2, 0) is 0 Å². The Bertz CT molecular complexity index is 401. The molecule has 0 aliphatic rings. The highest BCUT2D eigenvalue weighted by molar-refractivity contribution is 6.31. The molecule has 0 radical (unpaired) electrons. The van der Waals surface area contributed by atoms with E-state index in [1.165, 1.54) is 0 Å². The first-order valence-corrected chi connectivity index (χ1v) is 5.98. The fourth-order valence-electron chi connectivity index (χ4n) is 1.42. The summed E-state index contributed by atoms with van der Waals surface area (Å²) in [7, 11) is 0. The molecular formula is C13H16ClNO2. The minimum Gasteiger partial charge on any atom is -0.494 e. The highest BCUT2D eigenvalue weighted by Crippen LogP contribution is 2.22. The van der Waals surface area contributed by atoms with Gasteiger partial charge in [-0.25, -0.2) is 0 Å². The number of aliphatic hydroxyl groups excluding tert-OH is 1. The third kappa shape index (κ3) is 4.64. The highest BCUT2D eigenvalue weighted by atomic mass is 35.5. The first-order valence-electron chi connectivity index (χ1n) is 5.60. The Balaban J connectivity index is 2.43. The van der Waals surface area contributed by atoms with Crippen molar-refractivity contribution in [1.82, 2.24) is 0 Å². The van der Waals surface area contributed by atoms with Crippen LogP contribution >= 0.6 is 11.6 Å². The van der Waals surface area contributed by atoms with Gasteiger partial charge in [-0.15, -0.1) is 0 Å². The molecule has 0 fully saturated rings. The molecular weight excluding hydrogens is 238 g/mol. The van der Waals surface area contributed by atoms with E-state index in [1.54, 1.807) is 18.2 Å². The van der Waals surface area contributed by atoms with Crippen LogP contribution in [0.25, 0.3) is 0 Å². The van der Waals surface area contributed by atoms with Gasteiger partial charge in [0.05, 0.1) is 17.2 Å². The summed E-state index contributed by atoms with van der Waals surface area (Å²) in [6, 6.07) is 7.03. The number of nitrogens with zero attached hydrogens (tertiary/aromatic N) is 1. The summed E-state index contributed by atoms with van der Waals surface area (Å²) in [6.07, 6.45) is 1.68. The number of aliphatic hydroxyl groups is 1. The van der Waals surface area contributed by atoms with Crippen molar-refractivity contribution in [2.45, 2.75) is 19.8 Å². The molecule has 1 rings (SSSR count). The predicted molar refractivity (Wildman–Crippen MR) is 67.1 cm³/mol. The minimum atomic E-state index is 0.212. The standard InChI is InChI=1S/C13H16ClNO2/c1-10(4-6-16)5-7-17-12-3-2-11(9-15)13(14)8-12/h2-3,8,10,16H,4-7H2,1H3. The summed E-state index contributed by atoms with van der Waals surface area (Å²) in [5.74, 6) is 1.11. The quantitative estimate of drug-likeness (QED) is 0.848.